The van der Waals surface area contributed by atoms with Crippen LogP contribution in [0.4, 0.5) is 10.5 Å². The summed E-state index contributed by atoms with van der Waals surface area (Å²) in [6.07, 6.45) is 0.842. The van der Waals surface area contributed by atoms with Crippen molar-refractivity contribution in [3.63, 3.8) is 0 Å². The Labute approximate surface area is 157 Å². The second kappa shape index (κ2) is 8.94. The van der Waals surface area contributed by atoms with Crippen molar-refractivity contribution in [2.45, 2.75) is 6.42 Å². The average Bonchev–Trinajstić information content (AvgIpc) is 2.87. The molecular weight excluding hydrogens is 369 g/mol. The van der Waals surface area contributed by atoms with E-state index in [9.17, 15) is 9.59 Å². The number of imide groups is 1. The zero-order valence-corrected chi connectivity index (χ0v) is 15.7. The van der Waals surface area contributed by atoms with Gasteiger partial charge in [-0.2, -0.15) is 0 Å². The van der Waals surface area contributed by atoms with E-state index in [-0.39, 0.29) is 23.6 Å². The van der Waals surface area contributed by atoms with Gasteiger partial charge in [-0.05, 0) is 31.2 Å². The first-order chi connectivity index (χ1) is 11.1. The van der Waals surface area contributed by atoms with Gasteiger partial charge in [-0.1, -0.05) is 29.4 Å². The summed E-state index contributed by atoms with van der Waals surface area (Å²) in [5.74, 6) is 0.253. The third-order valence-corrected chi connectivity index (χ3v) is 5.34. The quantitative estimate of drug-likeness (QED) is 0.774. The maximum Gasteiger partial charge on any atom is 0.288 e. The van der Waals surface area contributed by atoms with Crippen LogP contribution < -0.4 is 4.90 Å². The molecule has 0 aromatic heterocycles. The van der Waals surface area contributed by atoms with Crippen LogP contribution in [0.1, 0.15) is 6.42 Å². The molecule has 0 atom stereocenters. The number of piperazine rings is 1. The number of carbonyl (C=O) groups is 2. The minimum Gasteiger partial charge on any atom is -0.369 e. The second-order valence-electron chi connectivity index (χ2n) is 5.76. The molecule has 2 aliphatic heterocycles. The van der Waals surface area contributed by atoms with Crippen molar-refractivity contribution in [1.82, 2.24) is 9.80 Å². The average molecular weight is 390 g/mol. The first-order valence-electron chi connectivity index (χ1n) is 7.83. The van der Waals surface area contributed by atoms with Gasteiger partial charge in [0.05, 0.1) is 5.75 Å². The van der Waals surface area contributed by atoms with Gasteiger partial charge in [-0.3, -0.25) is 19.4 Å². The van der Waals surface area contributed by atoms with Crippen LogP contribution in [0.25, 0.3) is 0 Å². The minimum absolute atomic E-state index is 0. The lowest BCUT2D eigenvalue weighted by Crippen LogP contribution is -2.47. The maximum absolute atomic E-state index is 11.5. The highest BCUT2D eigenvalue weighted by Gasteiger charge is 2.29. The molecule has 8 heteroatoms. The molecule has 5 nitrogen and oxygen atoms in total. The number of halogens is 2. The third-order valence-electron chi connectivity index (χ3n) is 4.24. The molecule has 132 valence electrons. The van der Waals surface area contributed by atoms with E-state index in [4.69, 9.17) is 11.6 Å². The van der Waals surface area contributed by atoms with E-state index in [0.29, 0.717) is 12.3 Å². The number of thioether (sulfide) groups is 1. The number of hydrogen-bond donors (Lipinski definition) is 0. The zero-order valence-electron chi connectivity index (χ0n) is 13.3. The van der Waals surface area contributed by atoms with E-state index < -0.39 is 0 Å². The van der Waals surface area contributed by atoms with E-state index in [0.717, 1.165) is 55.9 Å². The predicted molar refractivity (Wildman–Crippen MR) is 102 cm³/mol. The van der Waals surface area contributed by atoms with Crippen molar-refractivity contribution in [3.05, 3.63) is 29.3 Å². The van der Waals surface area contributed by atoms with E-state index in [1.165, 1.54) is 10.6 Å². The smallest absolute Gasteiger partial charge is 0.288 e. The molecule has 2 aliphatic rings. The Kier molecular flexibility index (Phi) is 7.22. The molecule has 2 amide bonds. The molecule has 3 rings (SSSR count). The number of benzene rings is 1. The Bertz CT molecular complexity index is 578. The molecule has 24 heavy (non-hydrogen) atoms. The van der Waals surface area contributed by atoms with Crippen LogP contribution in [0, 0.1) is 0 Å². The van der Waals surface area contributed by atoms with Crippen LogP contribution in [-0.2, 0) is 4.79 Å². The highest BCUT2D eigenvalue weighted by molar-refractivity contribution is 8.14. The number of anilines is 1. The van der Waals surface area contributed by atoms with Crippen molar-refractivity contribution in [2.24, 2.45) is 0 Å². The number of carbonyl (C=O) groups excluding carboxylic acids is 2. The highest BCUT2D eigenvalue weighted by atomic mass is 35.5. The molecule has 1 aromatic rings. The molecule has 2 heterocycles. The van der Waals surface area contributed by atoms with Crippen molar-refractivity contribution in [1.29, 1.82) is 0 Å². The van der Waals surface area contributed by atoms with Crippen LogP contribution in [0.5, 0.6) is 0 Å². The van der Waals surface area contributed by atoms with Crippen LogP contribution in [-0.4, -0.2) is 66.0 Å². The van der Waals surface area contributed by atoms with Gasteiger partial charge in [0.1, 0.15) is 0 Å². The number of hydrogen-bond acceptors (Lipinski definition) is 5. The summed E-state index contributed by atoms with van der Waals surface area (Å²) in [5.41, 5.74) is 1.17. The normalized spacial score (nSPS) is 18.9. The van der Waals surface area contributed by atoms with Crippen molar-refractivity contribution in [3.8, 4) is 0 Å². The number of rotatable bonds is 5. The van der Waals surface area contributed by atoms with E-state index in [1.54, 1.807) is 0 Å². The molecule has 0 saturated carbocycles. The van der Waals surface area contributed by atoms with E-state index in [2.05, 4.69) is 15.9 Å². The molecule has 0 aliphatic carbocycles. The maximum atomic E-state index is 11.5. The van der Waals surface area contributed by atoms with Gasteiger partial charge in [0.2, 0.25) is 5.91 Å². The van der Waals surface area contributed by atoms with Gasteiger partial charge in [-0.25, -0.2) is 0 Å². The summed E-state index contributed by atoms with van der Waals surface area (Å²) in [6, 6.07) is 7.95. The van der Waals surface area contributed by atoms with Crippen LogP contribution in [0.15, 0.2) is 24.3 Å². The lowest BCUT2D eigenvalue weighted by atomic mass is 10.2. The summed E-state index contributed by atoms with van der Waals surface area (Å²) in [5, 5.41) is 0.670. The van der Waals surface area contributed by atoms with Crippen molar-refractivity contribution < 1.29 is 9.59 Å². The lowest BCUT2D eigenvalue weighted by molar-refractivity contribution is -0.124. The fraction of sp³-hybridized carbons (Fsp3) is 0.500. The fourth-order valence-electron chi connectivity index (χ4n) is 2.95. The van der Waals surface area contributed by atoms with E-state index in [1.807, 2.05) is 18.2 Å². The van der Waals surface area contributed by atoms with Crippen LogP contribution in [0.3, 0.4) is 0 Å². The molecule has 0 unspecified atom stereocenters. The fourth-order valence-corrected chi connectivity index (χ4v) is 3.89. The van der Waals surface area contributed by atoms with Crippen LogP contribution >= 0.6 is 35.8 Å². The topological polar surface area (TPSA) is 43.9 Å². The minimum atomic E-state index is -0.0965. The van der Waals surface area contributed by atoms with Crippen molar-refractivity contribution in [2.75, 3.05) is 49.9 Å². The van der Waals surface area contributed by atoms with Gasteiger partial charge in [0.15, 0.2) is 0 Å². The first kappa shape index (κ1) is 19.4. The summed E-state index contributed by atoms with van der Waals surface area (Å²) < 4.78 is 0. The molecule has 2 fully saturated rings. The summed E-state index contributed by atoms with van der Waals surface area (Å²) in [4.78, 5) is 29.2. The first-order valence-corrected chi connectivity index (χ1v) is 9.20. The standard InChI is InChI=1S/C16H20ClN3O2S.ClH/c17-13-3-1-4-14(11-13)19-9-7-18(8-10-19)5-2-6-20-15(21)12-23-16(20)22;/h1,3-4,11H,2,5-10,12H2;1H. The zero-order chi connectivity index (χ0) is 16.2. The Morgan fingerprint density at radius 2 is 1.83 bits per heavy atom. The summed E-state index contributed by atoms with van der Waals surface area (Å²) in [7, 11) is 0. The monoisotopic (exact) mass is 389 g/mol. The molecule has 0 spiro atoms. The summed E-state index contributed by atoms with van der Waals surface area (Å²) >= 11 is 7.15. The van der Waals surface area contributed by atoms with Crippen molar-refractivity contribution >= 4 is 52.6 Å². The van der Waals surface area contributed by atoms with Gasteiger partial charge in [-0.15, -0.1) is 12.4 Å². The number of amides is 2. The molecule has 0 N–H and O–H groups in total. The Balaban J connectivity index is 0.00000208. The second-order valence-corrected chi connectivity index (χ2v) is 7.13. The molecular formula is C16H21Cl2N3O2S. The predicted octanol–water partition coefficient (Wildman–Crippen LogP) is 2.97. The van der Waals surface area contributed by atoms with Gasteiger partial charge in [0, 0.05) is 43.4 Å². The Morgan fingerprint density at radius 1 is 1.08 bits per heavy atom. The lowest BCUT2D eigenvalue weighted by Gasteiger charge is -2.36. The number of nitrogens with zero attached hydrogens (tertiary/aromatic N) is 3. The molecule has 0 bridgehead atoms. The molecule has 2 saturated heterocycles. The van der Waals surface area contributed by atoms with Gasteiger partial charge < -0.3 is 4.90 Å². The largest absolute Gasteiger partial charge is 0.369 e. The third kappa shape index (κ3) is 4.79. The van der Waals surface area contributed by atoms with Gasteiger partial charge >= 0.3 is 0 Å². The Hall–Kier alpha value is -0.950. The summed E-state index contributed by atoms with van der Waals surface area (Å²) in [6.45, 7) is 5.38. The van der Waals surface area contributed by atoms with Gasteiger partial charge in [0.25, 0.3) is 5.24 Å². The Morgan fingerprint density at radius 3 is 2.46 bits per heavy atom. The van der Waals surface area contributed by atoms with Crippen LogP contribution in [0.2, 0.25) is 5.02 Å². The van der Waals surface area contributed by atoms with E-state index >= 15 is 0 Å². The molecule has 1 aromatic carbocycles. The molecule has 0 radical (unpaired) electrons. The SMILES string of the molecule is Cl.O=C1CSC(=O)N1CCCN1CCN(c2cccc(Cl)c2)CC1. The highest BCUT2D eigenvalue weighted by Crippen LogP contribution is 2.21.